The minimum atomic E-state index is -1.31. The highest BCUT2D eigenvalue weighted by atomic mass is 35.5. The second-order valence-corrected chi connectivity index (χ2v) is 4.49. The fourth-order valence-electron chi connectivity index (χ4n) is 1.73. The first kappa shape index (κ1) is 14.8. The molecule has 7 heteroatoms. The predicted octanol–water partition coefficient (Wildman–Crippen LogP) is 3.14. The van der Waals surface area contributed by atoms with Gasteiger partial charge >= 0.3 is 5.97 Å². The summed E-state index contributed by atoms with van der Waals surface area (Å²) in [7, 11) is 0. The van der Waals surface area contributed by atoms with Crippen LogP contribution in [0.2, 0.25) is 5.02 Å². The molecule has 0 bridgehead atoms. The Kier molecular flexibility index (Phi) is 4.09. The lowest BCUT2D eigenvalue weighted by atomic mass is 10.1. The van der Waals surface area contributed by atoms with Crippen LogP contribution in [-0.4, -0.2) is 22.1 Å². The summed E-state index contributed by atoms with van der Waals surface area (Å²) in [6, 6.07) is 7.07. The van der Waals surface area contributed by atoms with Crippen molar-refractivity contribution in [3.63, 3.8) is 0 Å². The van der Waals surface area contributed by atoms with Gasteiger partial charge in [-0.1, -0.05) is 17.7 Å². The van der Waals surface area contributed by atoms with Gasteiger partial charge in [-0.15, -0.1) is 0 Å². The summed E-state index contributed by atoms with van der Waals surface area (Å²) < 4.78 is 12.9. The van der Waals surface area contributed by atoms with Crippen LogP contribution in [0.5, 0.6) is 5.75 Å². The predicted molar refractivity (Wildman–Crippen MR) is 74.4 cm³/mol. The number of phenols is 1. The normalized spacial score (nSPS) is 10.2. The maximum atomic E-state index is 12.9. The van der Waals surface area contributed by atoms with Crippen molar-refractivity contribution in [2.24, 2.45) is 0 Å². The van der Waals surface area contributed by atoms with Crippen LogP contribution in [-0.2, 0) is 0 Å². The van der Waals surface area contributed by atoms with E-state index in [2.05, 4.69) is 5.32 Å². The highest BCUT2D eigenvalue weighted by Crippen LogP contribution is 2.26. The molecule has 2 aromatic carbocycles. The second kappa shape index (κ2) is 5.80. The van der Waals surface area contributed by atoms with Crippen LogP contribution >= 0.6 is 11.6 Å². The van der Waals surface area contributed by atoms with Crippen LogP contribution < -0.4 is 5.32 Å². The molecule has 0 atom stereocenters. The summed E-state index contributed by atoms with van der Waals surface area (Å²) in [6.07, 6.45) is 0. The summed E-state index contributed by atoms with van der Waals surface area (Å²) in [5.74, 6) is -3.33. The number of amides is 1. The monoisotopic (exact) mass is 309 g/mol. The lowest BCUT2D eigenvalue weighted by molar-refractivity contribution is 0.0698. The SMILES string of the molecule is O=C(Nc1cccc(Cl)c1C(=O)O)c1ccc(F)cc1O. The molecule has 5 nitrogen and oxygen atoms in total. The molecule has 0 saturated carbocycles. The van der Waals surface area contributed by atoms with Gasteiger partial charge in [-0.2, -0.15) is 0 Å². The molecule has 2 aromatic rings. The Bertz CT molecular complexity index is 733. The van der Waals surface area contributed by atoms with Crippen molar-refractivity contribution in [1.29, 1.82) is 0 Å². The number of rotatable bonds is 3. The average Bonchev–Trinajstić information content (AvgIpc) is 2.37. The summed E-state index contributed by atoms with van der Waals surface area (Å²) in [4.78, 5) is 23.1. The number of carbonyl (C=O) groups is 2. The van der Waals surface area contributed by atoms with Crippen molar-refractivity contribution in [2.45, 2.75) is 0 Å². The number of phenolic OH excluding ortho intramolecular Hbond substituents is 1. The highest BCUT2D eigenvalue weighted by Gasteiger charge is 2.18. The number of hydrogen-bond acceptors (Lipinski definition) is 3. The van der Waals surface area contributed by atoms with Crippen molar-refractivity contribution >= 4 is 29.2 Å². The molecule has 0 aliphatic heterocycles. The molecule has 0 unspecified atom stereocenters. The third kappa shape index (κ3) is 3.11. The van der Waals surface area contributed by atoms with Gasteiger partial charge in [-0.3, -0.25) is 4.79 Å². The highest BCUT2D eigenvalue weighted by molar-refractivity contribution is 6.34. The van der Waals surface area contributed by atoms with Crippen molar-refractivity contribution in [1.82, 2.24) is 0 Å². The number of benzene rings is 2. The number of carbonyl (C=O) groups excluding carboxylic acids is 1. The third-order valence-electron chi connectivity index (χ3n) is 2.68. The number of nitrogens with one attached hydrogen (secondary N) is 1. The van der Waals surface area contributed by atoms with Crippen LogP contribution in [0.15, 0.2) is 36.4 Å². The minimum absolute atomic E-state index is 0.0243. The number of aromatic hydroxyl groups is 1. The molecular weight excluding hydrogens is 301 g/mol. The molecule has 0 spiro atoms. The minimum Gasteiger partial charge on any atom is -0.507 e. The molecular formula is C14H9ClFNO4. The quantitative estimate of drug-likeness (QED) is 0.813. The molecule has 0 heterocycles. The first-order valence-electron chi connectivity index (χ1n) is 5.72. The van der Waals surface area contributed by atoms with Gasteiger partial charge in [0, 0.05) is 6.07 Å². The summed E-state index contributed by atoms with van der Waals surface area (Å²) in [5.41, 5.74) is -0.481. The van der Waals surface area contributed by atoms with E-state index in [0.29, 0.717) is 0 Å². The Labute approximate surface area is 123 Å². The van der Waals surface area contributed by atoms with Gasteiger partial charge < -0.3 is 15.5 Å². The standard InChI is InChI=1S/C14H9ClFNO4/c15-9-2-1-3-10(12(9)14(20)21)17-13(19)8-5-4-7(16)6-11(8)18/h1-6,18H,(H,17,19)(H,20,21). The van der Waals surface area contributed by atoms with E-state index in [1.54, 1.807) is 0 Å². The Balaban J connectivity index is 2.36. The molecule has 0 aromatic heterocycles. The van der Waals surface area contributed by atoms with E-state index < -0.39 is 23.4 Å². The van der Waals surface area contributed by atoms with Gasteiger partial charge in [-0.25, -0.2) is 9.18 Å². The molecule has 0 saturated heterocycles. The fourth-order valence-corrected chi connectivity index (χ4v) is 1.99. The maximum Gasteiger partial charge on any atom is 0.339 e. The van der Waals surface area contributed by atoms with Gasteiger partial charge in [0.2, 0.25) is 0 Å². The average molecular weight is 310 g/mol. The van der Waals surface area contributed by atoms with E-state index in [4.69, 9.17) is 16.7 Å². The van der Waals surface area contributed by atoms with Crippen molar-refractivity contribution < 1.29 is 24.2 Å². The number of aromatic carboxylic acids is 1. The molecule has 0 aliphatic rings. The zero-order chi connectivity index (χ0) is 15.6. The smallest absolute Gasteiger partial charge is 0.339 e. The fraction of sp³-hybridized carbons (Fsp3) is 0. The van der Waals surface area contributed by atoms with Gasteiger partial charge in [0.05, 0.1) is 16.3 Å². The third-order valence-corrected chi connectivity index (χ3v) is 3.00. The lowest BCUT2D eigenvalue weighted by Gasteiger charge is -2.10. The second-order valence-electron chi connectivity index (χ2n) is 4.08. The van der Waals surface area contributed by atoms with Crippen LogP contribution in [0.4, 0.5) is 10.1 Å². The first-order valence-corrected chi connectivity index (χ1v) is 6.09. The number of halogens is 2. The Morgan fingerprint density at radius 2 is 1.90 bits per heavy atom. The number of anilines is 1. The van der Waals surface area contributed by atoms with Crippen molar-refractivity contribution in [3.05, 3.63) is 58.4 Å². The largest absolute Gasteiger partial charge is 0.507 e. The van der Waals surface area contributed by atoms with Crippen LogP contribution in [0.3, 0.4) is 0 Å². The van der Waals surface area contributed by atoms with Gasteiger partial charge in [0.15, 0.2) is 0 Å². The van der Waals surface area contributed by atoms with Crippen molar-refractivity contribution in [2.75, 3.05) is 5.32 Å². The summed E-state index contributed by atoms with van der Waals surface area (Å²) >= 11 is 5.77. The molecule has 21 heavy (non-hydrogen) atoms. The van der Waals surface area contributed by atoms with Crippen LogP contribution in [0.25, 0.3) is 0 Å². The molecule has 2 rings (SSSR count). The van der Waals surface area contributed by atoms with Gasteiger partial charge in [0.1, 0.15) is 17.1 Å². The number of carboxylic acid groups (broad SMARTS) is 1. The topological polar surface area (TPSA) is 86.6 Å². The zero-order valence-corrected chi connectivity index (χ0v) is 11.2. The molecule has 0 radical (unpaired) electrons. The molecule has 3 N–H and O–H groups in total. The molecule has 1 amide bonds. The number of hydrogen-bond donors (Lipinski definition) is 3. The molecule has 108 valence electrons. The van der Waals surface area contributed by atoms with E-state index >= 15 is 0 Å². The Morgan fingerprint density at radius 3 is 2.52 bits per heavy atom. The Morgan fingerprint density at radius 1 is 1.19 bits per heavy atom. The lowest BCUT2D eigenvalue weighted by Crippen LogP contribution is -2.15. The zero-order valence-electron chi connectivity index (χ0n) is 10.4. The van der Waals surface area contributed by atoms with Crippen LogP contribution in [0, 0.1) is 5.82 Å². The van der Waals surface area contributed by atoms with E-state index in [9.17, 15) is 19.1 Å². The van der Waals surface area contributed by atoms with Crippen molar-refractivity contribution in [3.8, 4) is 5.75 Å². The van der Waals surface area contributed by atoms with E-state index in [1.165, 1.54) is 18.2 Å². The maximum absolute atomic E-state index is 12.9. The van der Waals surface area contributed by atoms with E-state index in [0.717, 1.165) is 18.2 Å². The Hall–Kier alpha value is -2.60. The van der Waals surface area contributed by atoms with E-state index in [-0.39, 0.29) is 21.8 Å². The van der Waals surface area contributed by atoms with Gasteiger partial charge in [0.25, 0.3) is 5.91 Å². The molecule has 0 fully saturated rings. The van der Waals surface area contributed by atoms with Crippen LogP contribution in [0.1, 0.15) is 20.7 Å². The van der Waals surface area contributed by atoms with Gasteiger partial charge in [-0.05, 0) is 24.3 Å². The first-order chi connectivity index (χ1) is 9.90. The molecule has 0 aliphatic carbocycles. The van der Waals surface area contributed by atoms with E-state index in [1.807, 2.05) is 0 Å². The summed E-state index contributed by atoms with van der Waals surface area (Å²) in [6.45, 7) is 0. The summed E-state index contributed by atoms with van der Waals surface area (Å²) in [5, 5.41) is 20.9. The number of carboxylic acids is 1.